The second-order valence-corrected chi connectivity index (χ2v) is 6.98. The molecule has 1 atom stereocenters. The van der Waals surface area contributed by atoms with Crippen LogP contribution in [0.2, 0.25) is 0 Å². The topological polar surface area (TPSA) is 64.3 Å². The average molecular weight is 324 g/mol. The zero-order valence-corrected chi connectivity index (χ0v) is 14.0. The summed E-state index contributed by atoms with van der Waals surface area (Å²) in [6.45, 7) is 6.76. The Balaban J connectivity index is 1.89. The zero-order chi connectivity index (χ0) is 14.8. The fourth-order valence-corrected chi connectivity index (χ4v) is 4.18. The average Bonchev–Trinajstić information content (AvgIpc) is 3.05. The van der Waals surface area contributed by atoms with E-state index in [1.807, 2.05) is 13.8 Å². The van der Waals surface area contributed by atoms with Crippen molar-refractivity contribution < 1.29 is 4.74 Å². The Hall–Kier alpha value is -1.18. The number of rotatable bonds is 4. The molecule has 1 saturated heterocycles. The smallest absolute Gasteiger partial charge is 0.148 e. The Morgan fingerprint density at radius 1 is 1.52 bits per heavy atom. The van der Waals surface area contributed by atoms with Gasteiger partial charge in [0, 0.05) is 25.1 Å². The van der Waals surface area contributed by atoms with E-state index in [1.165, 1.54) is 11.5 Å². The third-order valence-corrected chi connectivity index (χ3v) is 5.34. The van der Waals surface area contributed by atoms with E-state index < -0.39 is 0 Å². The number of hydrogen-bond donors (Lipinski definition) is 1. The minimum Gasteiger partial charge on any atom is -0.382 e. The molecule has 7 heteroatoms. The molecule has 2 N–H and O–H groups in total. The van der Waals surface area contributed by atoms with Crippen LogP contribution in [0.4, 0.5) is 10.8 Å². The van der Waals surface area contributed by atoms with Crippen molar-refractivity contribution in [2.24, 2.45) is 0 Å². The van der Waals surface area contributed by atoms with Gasteiger partial charge in [0.1, 0.15) is 10.8 Å². The molecule has 5 nitrogen and oxygen atoms in total. The summed E-state index contributed by atoms with van der Waals surface area (Å²) in [5, 5.41) is 4.23. The summed E-state index contributed by atoms with van der Waals surface area (Å²) in [6, 6.07) is 0. The van der Waals surface area contributed by atoms with E-state index in [1.54, 1.807) is 11.3 Å². The second kappa shape index (κ2) is 6.29. The molecular formula is C14H20N4OS2. The van der Waals surface area contributed by atoms with Gasteiger partial charge >= 0.3 is 0 Å². The van der Waals surface area contributed by atoms with E-state index in [4.69, 9.17) is 10.5 Å². The summed E-state index contributed by atoms with van der Waals surface area (Å²) in [6.07, 6.45) is 2.57. The van der Waals surface area contributed by atoms with Crippen molar-refractivity contribution in [2.75, 3.05) is 30.3 Å². The second-order valence-electron chi connectivity index (χ2n) is 5.17. The molecule has 0 aliphatic carbocycles. The van der Waals surface area contributed by atoms with Gasteiger partial charge in [-0.25, -0.2) is 4.98 Å². The lowest BCUT2D eigenvalue weighted by Crippen LogP contribution is -2.39. The minimum absolute atomic E-state index is 0.303. The Morgan fingerprint density at radius 3 is 3.10 bits per heavy atom. The maximum Gasteiger partial charge on any atom is 0.148 e. The molecule has 114 valence electrons. The molecule has 2 aromatic heterocycles. The summed E-state index contributed by atoms with van der Waals surface area (Å²) in [4.78, 5) is 6.92. The highest BCUT2D eigenvalue weighted by atomic mass is 32.1. The van der Waals surface area contributed by atoms with Gasteiger partial charge in [-0.1, -0.05) is 0 Å². The molecule has 1 aliphatic rings. The molecule has 0 aromatic carbocycles. The highest BCUT2D eigenvalue weighted by Gasteiger charge is 2.26. The number of aryl methyl sites for hydroxylation is 1. The molecule has 1 fully saturated rings. The molecule has 0 amide bonds. The van der Waals surface area contributed by atoms with Gasteiger partial charge in [0.05, 0.1) is 22.4 Å². The maximum atomic E-state index is 6.09. The lowest BCUT2D eigenvalue weighted by molar-refractivity contribution is 0.0528. The summed E-state index contributed by atoms with van der Waals surface area (Å²) in [5.74, 6) is 0.582. The van der Waals surface area contributed by atoms with Crippen LogP contribution in [0.25, 0.3) is 11.3 Å². The van der Waals surface area contributed by atoms with E-state index in [9.17, 15) is 0 Å². The van der Waals surface area contributed by atoms with Gasteiger partial charge in [0.25, 0.3) is 0 Å². The van der Waals surface area contributed by atoms with Crippen LogP contribution in [0.5, 0.6) is 0 Å². The van der Waals surface area contributed by atoms with Crippen LogP contribution in [0.1, 0.15) is 24.8 Å². The largest absolute Gasteiger partial charge is 0.382 e. The summed E-state index contributed by atoms with van der Waals surface area (Å²) >= 11 is 3.11. The maximum absolute atomic E-state index is 6.09. The van der Waals surface area contributed by atoms with Crippen molar-refractivity contribution in [3.05, 3.63) is 10.4 Å². The summed E-state index contributed by atoms with van der Waals surface area (Å²) in [7, 11) is 0. The van der Waals surface area contributed by atoms with Gasteiger partial charge in [-0.3, -0.25) is 0 Å². The number of nitrogens with two attached hydrogens (primary N) is 1. The molecule has 2 aromatic rings. The van der Waals surface area contributed by atoms with Crippen LogP contribution in [0.3, 0.4) is 0 Å². The number of aromatic nitrogens is 2. The number of piperidine rings is 1. The molecule has 0 spiro atoms. The predicted molar refractivity (Wildman–Crippen MR) is 89.2 cm³/mol. The Bertz CT molecular complexity index is 608. The lowest BCUT2D eigenvalue weighted by atomic mass is 10.1. The molecular weight excluding hydrogens is 304 g/mol. The van der Waals surface area contributed by atoms with Crippen LogP contribution in [-0.2, 0) is 4.74 Å². The van der Waals surface area contributed by atoms with Gasteiger partial charge in [-0.2, -0.15) is 4.37 Å². The highest BCUT2D eigenvalue weighted by Crippen LogP contribution is 2.40. The molecule has 0 bridgehead atoms. The monoisotopic (exact) mass is 324 g/mol. The van der Waals surface area contributed by atoms with Crippen LogP contribution >= 0.6 is 22.9 Å². The van der Waals surface area contributed by atoms with Crippen molar-refractivity contribution in [3.8, 4) is 11.3 Å². The third kappa shape index (κ3) is 3.04. The summed E-state index contributed by atoms with van der Waals surface area (Å²) < 4.78 is 10.1. The van der Waals surface area contributed by atoms with Crippen LogP contribution in [0, 0.1) is 6.92 Å². The van der Waals surface area contributed by atoms with Crippen LogP contribution in [0.15, 0.2) is 5.38 Å². The fraction of sp³-hybridized carbons (Fsp3) is 0.571. The molecule has 1 unspecified atom stereocenters. The van der Waals surface area contributed by atoms with Crippen LogP contribution < -0.4 is 10.6 Å². The van der Waals surface area contributed by atoms with Gasteiger partial charge in [-0.05, 0) is 38.2 Å². The van der Waals surface area contributed by atoms with E-state index in [-0.39, 0.29) is 0 Å². The Morgan fingerprint density at radius 2 is 2.38 bits per heavy atom. The van der Waals surface area contributed by atoms with Crippen molar-refractivity contribution in [1.29, 1.82) is 0 Å². The molecule has 3 heterocycles. The third-order valence-electron chi connectivity index (χ3n) is 3.64. The molecule has 0 radical (unpaired) electrons. The first-order chi connectivity index (χ1) is 10.2. The fourth-order valence-electron chi connectivity index (χ4n) is 2.72. The quantitative estimate of drug-likeness (QED) is 0.936. The number of thiazole rings is 1. The standard InChI is InChI=1S/C14H20N4OS2/c1-3-19-10-5-4-6-18(7-10)14-12(13(15)17-21-14)11-8-20-9(2)16-11/h8,10H,3-7H2,1-2H3,(H2,15,17). The Kier molecular flexibility index (Phi) is 4.42. The van der Waals surface area contributed by atoms with Crippen molar-refractivity contribution in [1.82, 2.24) is 9.36 Å². The number of hydrogen-bond acceptors (Lipinski definition) is 7. The first-order valence-corrected chi connectivity index (χ1v) is 8.88. The van der Waals surface area contributed by atoms with Gasteiger partial charge in [-0.15, -0.1) is 11.3 Å². The van der Waals surface area contributed by atoms with E-state index in [0.29, 0.717) is 11.9 Å². The minimum atomic E-state index is 0.303. The van der Waals surface area contributed by atoms with Crippen molar-refractivity contribution in [3.63, 3.8) is 0 Å². The Labute approximate surface area is 132 Å². The molecule has 1 aliphatic heterocycles. The molecule has 3 rings (SSSR count). The highest BCUT2D eigenvalue weighted by molar-refractivity contribution is 7.11. The number of anilines is 2. The van der Waals surface area contributed by atoms with E-state index in [0.717, 1.165) is 53.8 Å². The van der Waals surface area contributed by atoms with E-state index >= 15 is 0 Å². The SMILES string of the molecule is CCOC1CCCN(c2snc(N)c2-c2csc(C)n2)C1. The normalized spacial score (nSPS) is 19.1. The van der Waals surface area contributed by atoms with Crippen LogP contribution in [-0.4, -0.2) is 35.2 Å². The van der Waals surface area contributed by atoms with Gasteiger partial charge in [0.15, 0.2) is 0 Å². The van der Waals surface area contributed by atoms with Gasteiger partial charge < -0.3 is 15.4 Å². The van der Waals surface area contributed by atoms with Gasteiger partial charge in [0.2, 0.25) is 0 Å². The molecule has 21 heavy (non-hydrogen) atoms. The first kappa shape index (κ1) is 14.7. The van der Waals surface area contributed by atoms with Crippen molar-refractivity contribution >= 4 is 33.7 Å². The van der Waals surface area contributed by atoms with Crippen molar-refractivity contribution in [2.45, 2.75) is 32.8 Å². The predicted octanol–water partition coefficient (Wildman–Crippen LogP) is 3.16. The number of nitrogen functional groups attached to an aromatic ring is 1. The lowest BCUT2D eigenvalue weighted by Gasteiger charge is -2.33. The summed E-state index contributed by atoms with van der Waals surface area (Å²) in [5.41, 5.74) is 8.02. The first-order valence-electron chi connectivity index (χ1n) is 7.23. The van der Waals surface area contributed by atoms with E-state index in [2.05, 4.69) is 19.6 Å². The zero-order valence-electron chi connectivity index (χ0n) is 12.3. The number of ether oxygens (including phenoxy) is 1. The molecule has 0 saturated carbocycles. The number of nitrogens with zero attached hydrogens (tertiary/aromatic N) is 3.